The van der Waals surface area contributed by atoms with Crippen LogP contribution < -0.4 is 5.32 Å². The Bertz CT molecular complexity index is 605. The van der Waals surface area contributed by atoms with Crippen LogP contribution in [-0.4, -0.2) is 22.4 Å². The number of carbonyl (C=O) groups is 1. The third-order valence-corrected chi connectivity index (χ3v) is 4.62. The third-order valence-electron chi connectivity index (χ3n) is 3.38. The van der Waals surface area contributed by atoms with E-state index in [0.29, 0.717) is 6.54 Å². The summed E-state index contributed by atoms with van der Waals surface area (Å²) >= 11 is 1.66. The summed E-state index contributed by atoms with van der Waals surface area (Å²) in [6, 6.07) is 5.84. The van der Waals surface area contributed by atoms with Gasteiger partial charge in [0.25, 0.3) is 0 Å². The molecule has 2 aromatic rings. The van der Waals surface area contributed by atoms with Crippen molar-refractivity contribution >= 4 is 17.2 Å². The van der Waals surface area contributed by atoms with E-state index in [1.54, 1.807) is 17.5 Å². The van der Waals surface area contributed by atoms with Crippen LogP contribution in [0.4, 0.5) is 0 Å². The predicted molar refractivity (Wildman–Crippen MR) is 79.5 cm³/mol. The van der Waals surface area contributed by atoms with Gasteiger partial charge in [-0.25, -0.2) is 4.98 Å². The molecule has 1 saturated carbocycles. The smallest absolute Gasteiger partial charge is 0.223 e. The lowest BCUT2D eigenvalue weighted by molar-refractivity contribution is -0.122. The maximum atomic E-state index is 11.6. The lowest BCUT2D eigenvalue weighted by Gasteiger charge is -2.02. The van der Waals surface area contributed by atoms with Crippen molar-refractivity contribution in [2.45, 2.75) is 26.2 Å². The molecule has 1 aliphatic rings. The first-order valence-electron chi connectivity index (χ1n) is 6.89. The third kappa shape index (κ3) is 3.04. The zero-order valence-corrected chi connectivity index (χ0v) is 12.2. The number of nitrogens with zero attached hydrogens (tertiary/aromatic N) is 2. The van der Waals surface area contributed by atoms with E-state index in [0.717, 1.165) is 35.7 Å². The van der Waals surface area contributed by atoms with Crippen LogP contribution in [0.25, 0.3) is 10.7 Å². The monoisotopic (exact) mass is 287 g/mol. The van der Waals surface area contributed by atoms with Crippen molar-refractivity contribution in [3.05, 3.63) is 35.0 Å². The SMILES string of the molecule is Cc1nc(-c2ccccn2)sc1CCNC(=O)C1CC1. The summed E-state index contributed by atoms with van der Waals surface area (Å²) in [4.78, 5) is 21.7. The molecule has 1 amide bonds. The number of pyridine rings is 1. The molecule has 0 spiro atoms. The van der Waals surface area contributed by atoms with Crippen molar-refractivity contribution in [1.29, 1.82) is 0 Å². The first kappa shape index (κ1) is 13.2. The fourth-order valence-corrected chi connectivity index (χ4v) is 3.09. The van der Waals surface area contributed by atoms with Gasteiger partial charge in [-0.15, -0.1) is 11.3 Å². The fraction of sp³-hybridized carbons (Fsp3) is 0.400. The van der Waals surface area contributed by atoms with Crippen molar-refractivity contribution in [2.75, 3.05) is 6.54 Å². The summed E-state index contributed by atoms with van der Waals surface area (Å²) in [5.41, 5.74) is 1.95. The minimum atomic E-state index is 0.206. The number of carbonyl (C=O) groups excluding carboxylic acids is 1. The predicted octanol–water partition coefficient (Wildman–Crippen LogP) is 2.58. The number of aromatic nitrogens is 2. The van der Waals surface area contributed by atoms with Crippen LogP contribution in [0.1, 0.15) is 23.4 Å². The van der Waals surface area contributed by atoms with Gasteiger partial charge in [0, 0.05) is 30.0 Å². The first-order chi connectivity index (χ1) is 9.74. The molecule has 0 aromatic carbocycles. The Morgan fingerprint density at radius 1 is 1.45 bits per heavy atom. The van der Waals surface area contributed by atoms with Crippen molar-refractivity contribution in [3.63, 3.8) is 0 Å². The Morgan fingerprint density at radius 3 is 3.00 bits per heavy atom. The van der Waals surface area contributed by atoms with Gasteiger partial charge < -0.3 is 5.32 Å². The highest BCUT2D eigenvalue weighted by atomic mass is 32.1. The molecule has 1 aliphatic carbocycles. The standard InChI is InChI=1S/C15H17N3OS/c1-10-13(7-9-17-14(19)11-5-6-11)20-15(18-10)12-4-2-3-8-16-12/h2-4,8,11H,5-7,9H2,1H3,(H,17,19). The van der Waals surface area contributed by atoms with E-state index in [-0.39, 0.29) is 11.8 Å². The molecule has 2 aromatic heterocycles. The average Bonchev–Trinajstić information content (AvgIpc) is 3.25. The number of amides is 1. The first-order valence-corrected chi connectivity index (χ1v) is 7.71. The van der Waals surface area contributed by atoms with Gasteiger partial charge in [0.2, 0.25) is 5.91 Å². The summed E-state index contributed by atoms with van der Waals surface area (Å²) in [6.07, 6.45) is 4.72. The molecule has 0 unspecified atom stereocenters. The number of nitrogens with one attached hydrogen (secondary N) is 1. The maximum Gasteiger partial charge on any atom is 0.223 e. The molecule has 0 aliphatic heterocycles. The minimum Gasteiger partial charge on any atom is -0.356 e. The highest BCUT2D eigenvalue weighted by Gasteiger charge is 2.29. The second-order valence-corrected chi connectivity index (χ2v) is 6.14. The number of rotatable bonds is 5. The molecule has 1 N–H and O–H groups in total. The van der Waals surface area contributed by atoms with Crippen LogP contribution in [-0.2, 0) is 11.2 Å². The number of hydrogen-bond donors (Lipinski definition) is 1. The van der Waals surface area contributed by atoms with Crippen molar-refractivity contribution in [2.24, 2.45) is 5.92 Å². The highest BCUT2D eigenvalue weighted by Crippen LogP contribution is 2.29. The number of thiazole rings is 1. The molecule has 0 radical (unpaired) electrons. The zero-order valence-electron chi connectivity index (χ0n) is 11.4. The number of aryl methyl sites for hydroxylation is 1. The highest BCUT2D eigenvalue weighted by molar-refractivity contribution is 7.15. The summed E-state index contributed by atoms with van der Waals surface area (Å²) < 4.78 is 0. The van der Waals surface area contributed by atoms with Crippen LogP contribution in [0.5, 0.6) is 0 Å². The fourth-order valence-electron chi connectivity index (χ4n) is 2.05. The van der Waals surface area contributed by atoms with E-state index in [4.69, 9.17) is 0 Å². The zero-order chi connectivity index (χ0) is 13.9. The molecule has 0 atom stereocenters. The van der Waals surface area contributed by atoms with Gasteiger partial charge >= 0.3 is 0 Å². The van der Waals surface area contributed by atoms with Crippen molar-refractivity contribution in [3.8, 4) is 10.7 Å². The minimum absolute atomic E-state index is 0.206. The van der Waals surface area contributed by atoms with Crippen LogP contribution in [0.2, 0.25) is 0 Å². The van der Waals surface area contributed by atoms with E-state index in [1.165, 1.54) is 4.88 Å². The van der Waals surface area contributed by atoms with Gasteiger partial charge in [-0.1, -0.05) is 6.07 Å². The molecule has 0 saturated heterocycles. The van der Waals surface area contributed by atoms with E-state index >= 15 is 0 Å². The quantitative estimate of drug-likeness (QED) is 0.919. The Hall–Kier alpha value is -1.75. The summed E-state index contributed by atoms with van der Waals surface area (Å²) in [7, 11) is 0. The van der Waals surface area contributed by atoms with E-state index < -0.39 is 0 Å². The van der Waals surface area contributed by atoms with Crippen LogP contribution in [0, 0.1) is 12.8 Å². The van der Waals surface area contributed by atoms with Crippen LogP contribution in [0.3, 0.4) is 0 Å². The van der Waals surface area contributed by atoms with Gasteiger partial charge in [0.05, 0.1) is 11.4 Å². The second kappa shape index (κ2) is 5.71. The molecule has 3 rings (SSSR count). The van der Waals surface area contributed by atoms with Crippen molar-refractivity contribution in [1.82, 2.24) is 15.3 Å². The summed E-state index contributed by atoms with van der Waals surface area (Å²) in [6.45, 7) is 2.71. The van der Waals surface area contributed by atoms with Gasteiger partial charge in [0.15, 0.2) is 0 Å². The largest absolute Gasteiger partial charge is 0.356 e. The molecule has 2 heterocycles. The number of hydrogen-bond acceptors (Lipinski definition) is 4. The Morgan fingerprint density at radius 2 is 2.30 bits per heavy atom. The molecule has 5 heteroatoms. The second-order valence-electron chi connectivity index (χ2n) is 5.06. The van der Waals surface area contributed by atoms with Gasteiger partial charge in [-0.3, -0.25) is 9.78 Å². The van der Waals surface area contributed by atoms with E-state index in [1.807, 2.05) is 25.1 Å². The van der Waals surface area contributed by atoms with Crippen LogP contribution >= 0.6 is 11.3 Å². The molecule has 4 nitrogen and oxygen atoms in total. The summed E-state index contributed by atoms with van der Waals surface area (Å²) in [5, 5.41) is 3.94. The molecule has 104 valence electrons. The topological polar surface area (TPSA) is 54.9 Å². The van der Waals surface area contributed by atoms with Gasteiger partial charge in [0.1, 0.15) is 5.01 Å². The molecule has 0 bridgehead atoms. The lowest BCUT2D eigenvalue weighted by atomic mass is 10.3. The van der Waals surface area contributed by atoms with Crippen molar-refractivity contribution < 1.29 is 4.79 Å². The maximum absolute atomic E-state index is 11.6. The molecule has 1 fully saturated rings. The van der Waals surface area contributed by atoms with Gasteiger partial charge in [-0.05, 0) is 31.9 Å². The van der Waals surface area contributed by atoms with E-state index in [2.05, 4.69) is 15.3 Å². The summed E-state index contributed by atoms with van der Waals surface area (Å²) in [5.74, 6) is 0.485. The Kier molecular flexibility index (Phi) is 3.78. The average molecular weight is 287 g/mol. The van der Waals surface area contributed by atoms with E-state index in [9.17, 15) is 4.79 Å². The normalized spacial score (nSPS) is 14.2. The Labute approximate surface area is 122 Å². The Balaban J connectivity index is 1.62. The molecular formula is C15H17N3OS. The van der Waals surface area contributed by atoms with Gasteiger partial charge in [-0.2, -0.15) is 0 Å². The molecular weight excluding hydrogens is 270 g/mol. The lowest BCUT2D eigenvalue weighted by Crippen LogP contribution is -2.26. The molecule has 20 heavy (non-hydrogen) atoms. The van der Waals surface area contributed by atoms with Crippen LogP contribution in [0.15, 0.2) is 24.4 Å².